The number of carbonyl (C=O) groups is 1. The Morgan fingerprint density at radius 2 is 2.00 bits per heavy atom. The van der Waals surface area contributed by atoms with Gasteiger partial charge in [-0.2, -0.15) is 0 Å². The summed E-state index contributed by atoms with van der Waals surface area (Å²) in [4.78, 5) is 11.7. The Balaban J connectivity index is 2.21. The first-order valence-electron chi connectivity index (χ1n) is 6.28. The van der Waals surface area contributed by atoms with Crippen molar-refractivity contribution in [3.05, 3.63) is 64.2 Å². The summed E-state index contributed by atoms with van der Waals surface area (Å²) in [7, 11) is 1.36. The SMILES string of the molecule is COC(=O)c1cc(Cl)ccc1NCc1ccccc1C. The number of hydrogen-bond acceptors (Lipinski definition) is 3. The van der Waals surface area contributed by atoms with Gasteiger partial charge in [-0.25, -0.2) is 4.79 Å². The van der Waals surface area contributed by atoms with E-state index in [1.165, 1.54) is 18.2 Å². The maximum Gasteiger partial charge on any atom is 0.340 e. The van der Waals surface area contributed by atoms with Crippen LogP contribution in [0.2, 0.25) is 5.02 Å². The van der Waals surface area contributed by atoms with E-state index in [0.717, 1.165) is 0 Å². The summed E-state index contributed by atoms with van der Waals surface area (Å²) >= 11 is 5.92. The van der Waals surface area contributed by atoms with Gasteiger partial charge < -0.3 is 10.1 Å². The van der Waals surface area contributed by atoms with Crippen molar-refractivity contribution in [2.24, 2.45) is 0 Å². The van der Waals surface area contributed by atoms with Crippen LogP contribution in [-0.2, 0) is 11.3 Å². The van der Waals surface area contributed by atoms with Gasteiger partial charge in [0.05, 0.1) is 12.7 Å². The number of carbonyl (C=O) groups excluding carboxylic acids is 1. The second kappa shape index (κ2) is 6.44. The molecule has 2 aromatic carbocycles. The summed E-state index contributed by atoms with van der Waals surface area (Å²) in [6.45, 7) is 2.69. The van der Waals surface area contributed by atoms with Crippen LogP contribution < -0.4 is 5.32 Å². The van der Waals surface area contributed by atoms with Crippen LogP contribution in [0, 0.1) is 6.92 Å². The van der Waals surface area contributed by atoms with Gasteiger partial charge in [-0.05, 0) is 36.2 Å². The van der Waals surface area contributed by atoms with E-state index in [4.69, 9.17) is 16.3 Å². The predicted molar refractivity (Wildman–Crippen MR) is 81.3 cm³/mol. The molecule has 0 aromatic heterocycles. The molecule has 0 heterocycles. The summed E-state index contributed by atoms with van der Waals surface area (Å²) in [5.41, 5.74) is 3.53. The van der Waals surface area contributed by atoms with E-state index in [2.05, 4.69) is 24.4 Å². The van der Waals surface area contributed by atoms with Gasteiger partial charge in [-0.1, -0.05) is 35.9 Å². The summed E-state index contributed by atoms with van der Waals surface area (Å²) in [5, 5.41) is 3.76. The van der Waals surface area contributed by atoms with Crippen LogP contribution in [0.15, 0.2) is 42.5 Å². The topological polar surface area (TPSA) is 38.3 Å². The molecule has 0 saturated heterocycles. The third-order valence-corrected chi connectivity index (χ3v) is 3.35. The quantitative estimate of drug-likeness (QED) is 0.863. The van der Waals surface area contributed by atoms with Crippen molar-refractivity contribution in [3.8, 4) is 0 Å². The van der Waals surface area contributed by atoms with Gasteiger partial charge in [0.2, 0.25) is 0 Å². The molecule has 0 aliphatic heterocycles. The Hall–Kier alpha value is -2.00. The fraction of sp³-hybridized carbons (Fsp3) is 0.188. The lowest BCUT2D eigenvalue weighted by atomic mass is 10.1. The fourth-order valence-electron chi connectivity index (χ4n) is 1.95. The molecule has 20 heavy (non-hydrogen) atoms. The minimum Gasteiger partial charge on any atom is -0.465 e. The molecule has 3 nitrogen and oxygen atoms in total. The monoisotopic (exact) mass is 289 g/mol. The van der Waals surface area contributed by atoms with E-state index in [1.807, 2.05) is 12.1 Å². The van der Waals surface area contributed by atoms with E-state index in [0.29, 0.717) is 22.8 Å². The normalized spacial score (nSPS) is 10.2. The lowest BCUT2D eigenvalue weighted by molar-refractivity contribution is 0.0602. The number of ether oxygens (including phenoxy) is 1. The molecule has 0 spiro atoms. The maximum absolute atomic E-state index is 11.7. The first-order chi connectivity index (χ1) is 9.61. The van der Waals surface area contributed by atoms with Crippen molar-refractivity contribution in [1.29, 1.82) is 0 Å². The van der Waals surface area contributed by atoms with Gasteiger partial charge in [-0.3, -0.25) is 0 Å². The van der Waals surface area contributed by atoms with E-state index < -0.39 is 5.97 Å². The third-order valence-electron chi connectivity index (χ3n) is 3.12. The highest BCUT2D eigenvalue weighted by Gasteiger charge is 2.12. The van der Waals surface area contributed by atoms with Crippen molar-refractivity contribution in [2.75, 3.05) is 12.4 Å². The molecular weight excluding hydrogens is 274 g/mol. The third kappa shape index (κ3) is 3.31. The van der Waals surface area contributed by atoms with Crippen LogP contribution in [-0.4, -0.2) is 13.1 Å². The minimum absolute atomic E-state index is 0.403. The van der Waals surface area contributed by atoms with Crippen LogP contribution in [0.25, 0.3) is 0 Å². The number of hydrogen-bond donors (Lipinski definition) is 1. The van der Waals surface area contributed by atoms with Gasteiger partial charge in [-0.15, -0.1) is 0 Å². The molecule has 4 heteroatoms. The lowest BCUT2D eigenvalue weighted by Gasteiger charge is -2.12. The largest absolute Gasteiger partial charge is 0.465 e. The zero-order valence-corrected chi connectivity index (χ0v) is 12.2. The molecule has 0 aliphatic carbocycles. The van der Waals surface area contributed by atoms with E-state index in [9.17, 15) is 4.79 Å². The molecule has 1 N–H and O–H groups in total. The van der Waals surface area contributed by atoms with Crippen molar-refractivity contribution < 1.29 is 9.53 Å². The summed E-state index contributed by atoms with van der Waals surface area (Å²) in [5.74, 6) is -0.403. The molecule has 2 aromatic rings. The standard InChI is InChI=1S/C16H16ClNO2/c1-11-5-3-4-6-12(11)10-18-15-8-7-13(17)9-14(15)16(19)20-2/h3-9,18H,10H2,1-2H3. The molecule has 0 saturated carbocycles. The van der Waals surface area contributed by atoms with Gasteiger partial charge >= 0.3 is 5.97 Å². The van der Waals surface area contributed by atoms with E-state index in [1.54, 1.807) is 18.2 Å². The Morgan fingerprint density at radius 1 is 1.25 bits per heavy atom. The van der Waals surface area contributed by atoms with Crippen LogP contribution >= 0.6 is 11.6 Å². The number of nitrogens with one attached hydrogen (secondary N) is 1. The van der Waals surface area contributed by atoms with Crippen molar-refractivity contribution >= 4 is 23.3 Å². The van der Waals surface area contributed by atoms with Gasteiger partial charge in [0.1, 0.15) is 0 Å². The molecular formula is C16H16ClNO2. The van der Waals surface area contributed by atoms with Gasteiger partial charge in [0, 0.05) is 17.3 Å². The zero-order chi connectivity index (χ0) is 14.5. The number of benzene rings is 2. The molecule has 2 rings (SSSR count). The van der Waals surface area contributed by atoms with Gasteiger partial charge in [0.15, 0.2) is 0 Å². The molecule has 104 valence electrons. The Bertz CT molecular complexity index is 626. The Labute approximate surface area is 123 Å². The van der Waals surface area contributed by atoms with Crippen LogP contribution in [0.5, 0.6) is 0 Å². The Kier molecular flexibility index (Phi) is 4.64. The smallest absolute Gasteiger partial charge is 0.340 e. The number of methoxy groups -OCH3 is 1. The fourth-order valence-corrected chi connectivity index (χ4v) is 2.12. The summed E-state index contributed by atoms with van der Waals surface area (Å²) < 4.78 is 4.77. The molecule has 0 amide bonds. The number of anilines is 1. The van der Waals surface area contributed by atoms with Crippen molar-refractivity contribution in [1.82, 2.24) is 0 Å². The molecule has 0 unspecified atom stereocenters. The maximum atomic E-state index is 11.7. The predicted octanol–water partition coefficient (Wildman–Crippen LogP) is 4.05. The molecule has 0 fully saturated rings. The van der Waals surface area contributed by atoms with E-state index >= 15 is 0 Å². The molecule has 0 bridgehead atoms. The average Bonchev–Trinajstić information content (AvgIpc) is 2.46. The Morgan fingerprint density at radius 3 is 2.70 bits per heavy atom. The van der Waals surface area contributed by atoms with Crippen molar-refractivity contribution in [2.45, 2.75) is 13.5 Å². The molecule has 0 radical (unpaired) electrons. The lowest BCUT2D eigenvalue weighted by Crippen LogP contribution is -2.08. The highest BCUT2D eigenvalue weighted by atomic mass is 35.5. The zero-order valence-electron chi connectivity index (χ0n) is 11.4. The van der Waals surface area contributed by atoms with Crippen molar-refractivity contribution in [3.63, 3.8) is 0 Å². The van der Waals surface area contributed by atoms with Crippen LogP contribution in [0.1, 0.15) is 21.5 Å². The highest BCUT2D eigenvalue weighted by Crippen LogP contribution is 2.22. The average molecular weight is 290 g/mol. The molecule has 0 atom stereocenters. The summed E-state index contributed by atoms with van der Waals surface area (Å²) in [6, 6.07) is 13.2. The highest BCUT2D eigenvalue weighted by molar-refractivity contribution is 6.31. The van der Waals surface area contributed by atoms with Crippen LogP contribution in [0.3, 0.4) is 0 Å². The van der Waals surface area contributed by atoms with E-state index in [-0.39, 0.29) is 0 Å². The van der Waals surface area contributed by atoms with Crippen LogP contribution in [0.4, 0.5) is 5.69 Å². The first kappa shape index (κ1) is 14.4. The second-order valence-electron chi connectivity index (χ2n) is 4.46. The number of rotatable bonds is 4. The first-order valence-corrected chi connectivity index (χ1v) is 6.66. The second-order valence-corrected chi connectivity index (χ2v) is 4.90. The molecule has 0 aliphatic rings. The number of aryl methyl sites for hydroxylation is 1. The van der Waals surface area contributed by atoms with Gasteiger partial charge in [0.25, 0.3) is 0 Å². The number of halogens is 1. The summed E-state index contributed by atoms with van der Waals surface area (Å²) in [6.07, 6.45) is 0. The number of esters is 1. The minimum atomic E-state index is -0.403.